The Morgan fingerprint density at radius 3 is 2.67 bits per heavy atom. The van der Waals surface area contributed by atoms with Crippen molar-refractivity contribution in [1.82, 2.24) is 0 Å². The molecule has 1 aliphatic rings. The van der Waals surface area contributed by atoms with E-state index in [0.29, 0.717) is 12.3 Å². The fourth-order valence-electron chi connectivity index (χ4n) is 2.64. The highest BCUT2D eigenvalue weighted by Crippen LogP contribution is 2.47. The lowest BCUT2D eigenvalue weighted by Gasteiger charge is -2.42. The summed E-state index contributed by atoms with van der Waals surface area (Å²) in [6.45, 7) is 2.11. The first-order valence-corrected chi connectivity index (χ1v) is 6.28. The first kappa shape index (κ1) is 12.9. The lowest BCUT2D eigenvalue weighted by atomic mass is 9.64. The summed E-state index contributed by atoms with van der Waals surface area (Å²) in [6, 6.07) is 5.85. The zero-order chi connectivity index (χ0) is 13.2. The van der Waals surface area contributed by atoms with Crippen molar-refractivity contribution in [2.24, 2.45) is 5.73 Å². The third-order valence-corrected chi connectivity index (χ3v) is 3.82. The van der Waals surface area contributed by atoms with Crippen LogP contribution in [0.1, 0.15) is 31.7 Å². The molecule has 0 atom stereocenters. The molecular weight excluding hydrogens is 228 g/mol. The van der Waals surface area contributed by atoms with Crippen molar-refractivity contribution in [3.63, 3.8) is 0 Å². The molecule has 18 heavy (non-hydrogen) atoms. The number of nitrogens with two attached hydrogens (primary N) is 1. The van der Waals surface area contributed by atoms with E-state index >= 15 is 0 Å². The van der Waals surface area contributed by atoms with Crippen LogP contribution >= 0.6 is 0 Å². The Hall–Kier alpha value is -1.55. The molecule has 0 radical (unpaired) electrons. The Morgan fingerprint density at radius 1 is 1.50 bits per heavy atom. The molecule has 0 saturated heterocycles. The van der Waals surface area contributed by atoms with Gasteiger partial charge in [0.25, 0.3) is 0 Å². The number of amides is 1. The predicted octanol–water partition coefficient (Wildman–Crippen LogP) is 2.03. The summed E-state index contributed by atoms with van der Waals surface area (Å²) in [5.74, 6) is 0.606. The highest BCUT2D eigenvalue weighted by Gasteiger charge is 2.39. The number of anilines is 1. The van der Waals surface area contributed by atoms with Crippen molar-refractivity contribution in [2.45, 2.75) is 31.6 Å². The topological polar surface area (TPSA) is 64.3 Å². The quantitative estimate of drug-likeness (QED) is 0.857. The van der Waals surface area contributed by atoms with E-state index in [1.165, 1.54) is 13.3 Å². The van der Waals surface area contributed by atoms with Crippen molar-refractivity contribution in [1.29, 1.82) is 0 Å². The van der Waals surface area contributed by atoms with Crippen LogP contribution in [0.4, 0.5) is 5.69 Å². The summed E-state index contributed by atoms with van der Waals surface area (Å²) in [4.78, 5) is 11.4. The van der Waals surface area contributed by atoms with Gasteiger partial charge in [0.2, 0.25) is 5.91 Å². The van der Waals surface area contributed by atoms with Gasteiger partial charge < -0.3 is 15.8 Å². The van der Waals surface area contributed by atoms with Crippen LogP contribution in [0, 0.1) is 0 Å². The molecule has 1 aliphatic carbocycles. The molecule has 98 valence electrons. The Bertz CT molecular complexity index is 448. The zero-order valence-corrected chi connectivity index (χ0v) is 11.0. The fraction of sp³-hybridized carbons (Fsp3) is 0.500. The second kappa shape index (κ2) is 4.98. The van der Waals surface area contributed by atoms with Gasteiger partial charge in [-0.05, 0) is 24.5 Å². The number of para-hydroxylation sites is 1. The van der Waals surface area contributed by atoms with E-state index in [-0.39, 0.29) is 11.3 Å². The van der Waals surface area contributed by atoms with Crippen LogP contribution in [0.3, 0.4) is 0 Å². The van der Waals surface area contributed by atoms with Crippen LogP contribution in [-0.2, 0) is 10.2 Å². The number of hydrogen-bond donors (Lipinski definition) is 2. The maximum absolute atomic E-state index is 11.4. The molecular formula is C14H20N2O2. The third kappa shape index (κ3) is 2.08. The number of carbonyl (C=O) groups excluding carboxylic acids is 1. The van der Waals surface area contributed by atoms with Crippen LogP contribution in [0.5, 0.6) is 5.75 Å². The van der Waals surface area contributed by atoms with E-state index in [9.17, 15) is 4.79 Å². The number of hydrogen-bond acceptors (Lipinski definition) is 3. The molecule has 1 fully saturated rings. The van der Waals surface area contributed by atoms with E-state index < -0.39 is 0 Å². The van der Waals surface area contributed by atoms with E-state index in [2.05, 4.69) is 5.32 Å². The first-order chi connectivity index (χ1) is 8.63. The molecule has 0 unspecified atom stereocenters. The molecule has 0 spiro atoms. The SMILES string of the molecule is COc1cccc(C2(CN)CCC2)c1NC(C)=O. The maximum atomic E-state index is 11.4. The molecule has 0 aliphatic heterocycles. The molecule has 0 bridgehead atoms. The minimum absolute atomic E-state index is 0.00627. The average molecular weight is 248 g/mol. The van der Waals surface area contributed by atoms with Gasteiger partial charge in [-0.25, -0.2) is 0 Å². The van der Waals surface area contributed by atoms with Crippen LogP contribution < -0.4 is 15.8 Å². The van der Waals surface area contributed by atoms with Crippen molar-refractivity contribution >= 4 is 11.6 Å². The number of nitrogens with one attached hydrogen (secondary N) is 1. The van der Waals surface area contributed by atoms with Gasteiger partial charge in [-0.15, -0.1) is 0 Å². The van der Waals surface area contributed by atoms with Gasteiger partial charge in [0, 0.05) is 18.9 Å². The first-order valence-electron chi connectivity index (χ1n) is 6.28. The summed E-state index contributed by atoms with van der Waals surface area (Å²) in [5, 5.41) is 2.88. The van der Waals surface area contributed by atoms with Crippen LogP contribution in [0.2, 0.25) is 0 Å². The minimum Gasteiger partial charge on any atom is -0.495 e. The van der Waals surface area contributed by atoms with E-state index in [4.69, 9.17) is 10.5 Å². The van der Waals surface area contributed by atoms with Crippen molar-refractivity contribution in [2.75, 3.05) is 19.0 Å². The monoisotopic (exact) mass is 248 g/mol. The smallest absolute Gasteiger partial charge is 0.221 e. The fourth-order valence-corrected chi connectivity index (χ4v) is 2.64. The number of benzene rings is 1. The Morgan fingerprint density at radius 2 is 2.22 bits per heavy atom. The molecule has 2 rings (SSSR count). The molecule has 0 aromatic heterocycles. The van der Waals surface area contributed by atoms with Crippen molar-refractivity contribution < 1.29 is 9.53 Å². The molecule has 0 heterocycles. The summed E-state index contributed by atoms with van der Waals surface area (Å²) in [7, 11) is 1.61. The maximum Gasteiger partial charge on any atom is 0.221 e. The van der Waals surface area contributed by atoms with Gasteiger partial charge in [0.15, 0.2) is 0 Å². The Labute approximate surface area is 108 Å². The minimum atomic E-state index is -0.0905. The second-order valence-electron chi connectivity index (χ2n) is 4.90. The standard InChI is InChI=1S/C14H20N2O2/c1-10(17)16-13-11(5-3-6-12(13)18-2)14(9-15)7-4-8-14/h3,5-6H,4,7-9,15H2,1-2H3,(H,16,17). The van der Waals surface area contributed by atoms with Gasteiger partial charge in [0.05, 0.1) is 12.8 Å². The van der Waals surface area contributed by atoms with E-state index in [1.807, 2.05) is 18.2 Å². The number of rotatable bonds is 4. The summed E-state index contributed by atoms with van der Waals surface area (Å²) in [6.07, 6.45) is 3.33. The second-order valence-corrected chi connectivity index (χ2v) is 4.90. The zero-order valence-electron chi connectivity index (χ0n) is 11.0. The van der Waals surface area contributed by atoms with Crippen LogP contribution in [-0.4, -0.2) is 19.6 Å². The molecule has 4 heteroatoms. The lowest BCUT2D eigenvalue weighted by Crippen LogP contribution is -2.42. The molecule has 1 aromatic rings. The molecule has 3 N–H and O–H groups in total. The third-order valence-electron chi connectivity index (χ3n) is 3.82. The van der Waals surface area contributed by atoms with Crippen molar-refractivity contribution in [3.8, 4) is 5.75 Å². The average Bonchev–Trinajstić information content (AvgIpc) is 2.29. The van der Waals surface area contributed by atoms with Crippen LogP contribution in [0.25, 0.3) is 0 Å². The summed E-state index contributed by atoms with van der Waals surface area (Å²) >= 11 is 0. The highest BCUT2D eigenvalue weighted by atomic mass is 16.5. The normalized spacial score (nSPS) is 16.8. The number of ether oxygens (including phenoxy) is 1. The molecule has 4 nitrogen and oxygen atoms in total. The number of methoxy groups -OCH3 is 1. The largest absolute Gasteiger partial charge is 0.495 e. The van der Waals surface area contributed by atoms with E-state index in [1.54, 1.807) is 7.11 Å². The van der Waals surface area contributed by atoms with Gasteiger partial charge in [-0.3, -0.25) is 4.79 Å². The van der Waals surface area contributed by atoms with Crippen LogP contribution in [0.15, 0.2) is 18.2 Å². The Balaban J connectivity index is 2.48. The highest BCUT2D eigenvalue weighted by molar-refractivity contribution is 5.92. The van der Waals surface area contributed by atoms with E-state index in [0.717, 1.165) is 24.1 Å². The van der Waals surface area contributed by atoms with Gasteiger partial charge in [0.1, 0.15) is 5.75 Å². The number of carbonyl (C=O) groups is 1. The lowest BCUT2D eigenvalue weighted by molar-refractivity contribution is -0.114. The van der Waals surface area contributed by atoms with Gasteiger partial charge >= 0.3 is 0 Å². The summed E-state index contributed by atoms with van der Waals surface area (Å²) in [5.41, 5.74) is 7.82. The molecule has 1 saturated carbocycles. The van der Waals surface area contributed by atoms with Gasteiger partial charge in [-0.1, -0.05) is 18.6 Å². The Kier molecular flexibility index (Phi) is 3.57. The van der Waals surface area contributed by atoms with Crippen molar-refractivity contribution in [3.05, 3.63) is 23.8 Å². The predicted molar refractivity (Wildman–Crippen MR) is 71.9 cm³/mol. The van der Waals surface area contributed by atoms with Gasteiger partial charge in [-0.2, -0.15) is 0 Å². The molecule has 1 amide bonds. The molecule has 1 aromatic carbocycles. The summed E-state index contributed by atoms with van der Waals surface area (Å²) < 4.78 is 5.34.